The molecule has 8 heteroatoms. The largest absolute Gasteiger partial charge is 0.413 e. The molecule has 0 heterocycles. The second kappa shape index (κ2) is 8.31. The summed E-state index contributed by atoms with van der Waals surface area (Å²) in [7, 11) is -2.77. The lowest BCUT2D eigenvalue weighted by Gasteiger charge is -2.42. The van der Waals surface area contributed by atoms with E-state index < -0.39 is 42.8 Å². The summed E-state index contributed by atoms with van der Waals surface area (Å²) < 4.78 is 47.4. The van der Waals surface area contributed by atoms with Crippen molar-refractivity contribution in [2.75, 3.05) is 0 Å². The molecule has 0 saturated heterocycles. The molecular formula is C18H27ClF3NO2Si. The Bertz CT molecular complexity index is 603. The maximum Gasteiger partial charge on any atom is 0.413 e. The molecule has 1 amide bonds. The summed E-state index contributed by atoms with van der Waals surface area (Å²) in [5.41, 5.74) is 5.88. The zero-order valence-corrected chi connectivity index (χ0v) is 17.5. The highest BCUT2D eigenvalue weighted by Gasteiger charge is 2.53. The summed E-state index contributed by atoms with van der Waals surface area (Å²) in [4.78, 5) is 11.6. The summed E-state index contributed by atoms with van der Waals surface area (Å²) in [6, 6.07) is 8.58. The van der Waals surface area contributed by atoms with Crippen molar-refractivity contribution in [1.29, 1.82) is 0 Å². The van der Waals surface area contributed by atoms with Crippen molar-refractivity contribution >= 4 is 25.8 Å². The Labute approximate surface area is 159 Å². The van der Waals surface area contributed by atoms with Crippen molar-refractivity contribution < 1.29 is 22.4 Å². The third kappa shape index (κ3) is 5.99. The second-order valence-corrected chi connectivity index (χ2v) is 13.2. The van der Waals surface area contributed by atoms with Crippen LogP contribution >= 0.6 is 11.6 Å². The lowest BCUT2D eigenvalue weighted by Crippen LogP contribution is -2.54. The molecule has 0 aliphatic rings. The maximum atomic E-state index is 13.9. The summed E-state index contributed by atoms with van der Waals surface area (Å²) >= 11 is 6.04. The number of hydrogen-bond acceptors (Lipinski definition) is 2. The summed E-state index contributed by atoms with van der Waals surface area (Å²) in [6.45, 7) is 9.03. The van der Waals surface area contributed by atoms with Gasteiger partial charge in [-0.05, 0) is 30.1 Å². The van der Waals surface area contributed by atoms with E-state index in [9.17, 15) is 18.0 Å². The molecule has 2 N–H and O–H groups in total. The van der Waals surface area contributed by atoms with Crippen molar-refractivity contribution in [3.63, 3.8) is 0 Å². The molecule has 148 valence electrons. The topological polar surface area (TPSA) is 52.3 Å². The first-order valence-electron chi connectivity index (χ1n) is 8.38. The van der Waals surface area contributed by atoms with Crippen molar-refractivity contribution in [1.82, 2.24) is 0 Å². The van der Waals surface area contributed by atoms with Crippen LogP contribution in [0, 0.1) is 5.92 Å². The molecule has 0 spiro atoms. The Morgan fingerprint density at radius 2 is 1.69 bits per heavy atom. The zero-order chi connectivity index (χ0) is 20.3. The highest BCUT2D eigenvalue weighted by molar-refractivity contribution is 6.74. The SMILES string of the molecule is CC(C)(C)[Si](C)(C)OC(C(Cc1ccccc1)C(Cl)C(N)=O)C(F)(F)F. The van der Waals surface area contributed by atoms with Crippen LogP contribution in [-0.2, 0) is 15.6 Å². The molecule has 0 aliphatic heterocycles. The Kier molecular flexibility index (Phi) is 7.35. The molecule has 0 aliphatic carbocycles. The highest BCUT2D eigenvalue weighted by atomic mass is 35.5. The molecule has 3 atom stereocenters. The lowest BCUT2D eigenvalue weighted by atomic mass is 9.90. The molecule has 0 bridgehead atoms. The smallest absolute Gasteiger partial charge is 0.405 e. The number of hydrogen-bond donors (Lipinski definition) is 1. The normalized spacial score (nSPS) is 16.8. The van der Waals surface area contributed by atoms with E-state index in [1.807, 2.05) is 20.8 Å². The van der Waals surface area contributed by atoms with E-state index in [-0.39, 0.29) is 6.42 Å². The van der Waals surface area contributed by atoms with Crippen LogP contribution in [0.3, 0.4) is 0 Å². The zero-order valence-electron chi connectivity index (χ0n) is 15.7. The van der Waals surface area contributed by atoms with Gasteiger partial charge in [-0.1, -0.05) is 51.1 Å². The molecule has 26 heavy (non-hydrogen) atoms. The number of primary amides is 1. The van der Waals surface area contributed by atoms with E-state index in [1.54, 1.807) is 43.4 Å². The number of nitrogens with two attached hydrogens (primary N) is 1. The second-order valence-electron chi connectivity index (χ2n) is 8.00. The van der Waals surface area contributed by atoms with Gasteiger partial charge >= 0.3 is 6.18 Å². The minimum absolute atomic E-state index is 0.0588. The monoisotopic (exact) mass is 409 g/mol. The molecule has 0 radical (unpaired) electrons. The van der Waals surface area contributed by atoms with Crippen molar-refractivity contribution in [2.45, 2.75) is 63.0 Å². The van der Waals surface area contributed by atoms with Crippen LogP contribution in [0.1, 0.15) is 26.3 Å². The van der Waals surface area contributed by atoms with Gasteiger partial charge in [-0.15, -0.1) is 11.6 Å². The molecule has 3 unspecified atom stereocenters. The van der Waals surface area contributed by atoms with Gasteiger partial charge in [-0.3, -0.25) is 4.79 Å². The number of carbonyl (C=O) groups excluding carboxylic acids is 1. The lowest BCUT2D eigenvalue weighted by molar-refractivity contribution is -0.213. The van der Waals surface area contributed by atoms with Crippen LogP contribution in [0.5, 0.6) is 0 Å². The van der Waals surface area contributed by atoms with Crippen LogP contribution in [0.2, 0.25) is 18.1 Å². The standard InChI is InChI=1S/C18H27ClF3NO2Si/c1-17(2,3)26(4,5)25-15(18(20,21)22)13(14(19)16(23)24)11-12-9-7-6-8-10-12/h6-10,13-15H,11H2,1-5H3,(H2,23,24). The van der Waals surface area contributed by atoms with Crippen molar-refractivity contribution in [2.24, 2.45) is 11.7 Å². The Balaban J connectivity index is 3.31. The number of halogens is 4. The molecule has 1 aromatic carbocycles. The Morgan fingerprint density at radius 3 is 2.08 bits per heavy atom. The van der Waals surface area contributed by atoms with Crippen LogP contribution < -0.4 is 5.73 Å². The highest BCUT2D eigenvalue weighted by Crippen LogP contribution is 2.42. The van der Waals surface area contributed by atoms with Crippen LogP contribution in [0.25, 0.3) is 0 Å². The average molecular weight is 410 g/mol. The Hall–Kier alpha value is -1.05. The molecule has 0 saturated carbocycles. The van der Waals surface area contributed by atoms with E-state index in [2.05, 4.69) is 0 Å². The van der Waals surface area contributed by atoms with Gasteiger partial charge in [0.1, 0.15) is 11.5 Å². The van der Waals surface area contributed by atoms with Crippen molar-refractivity contribution in [3.05, 3.63) is 35.9 Å². The predicted molar refractivity (Wildman–Crippen MR) is 101 cm³/mol. The first-order chi connectivity index (χ1) is 11.7. The summed E-state index contributed by atoms with van der Waals surface area (Å²) in [6.07, 6.45) is -6.90. The molecule has 0 fully saturated rings. The molecule has 1 rings (SSSR count). The number of alkyl halides is 4. The van der Waals surface area contributed by atoms with Gasteiger partial charge in [-0.25, -0.2) is 0 Å². The third-order valence-corrected chi connectivity index (χ3v) is 9.90. The average Bonchev–Trinajstić information content (AvgIpc) is 2.48. The first-order valence-corrected chi connectivity index (χ1v) is 11.7. The fraction of sp³-hybridized carbons (Fsp3) is 0.611. The van der Waals surface area contributed by atoms with E-state index in [4.69, 9.17) is 21.8 Å². The number of amides is 1. The van der Waals surface area contributed by atoms with Gasteiger partial charge < -0.3 is 10.2 Å². The van der Waals surface area contributed by atoms with Gasteiger partial charge in [0.2, 0.25) is 5.91 Å². The van der Waals surface area contributed by atoms with Gasteiger partial charge in [-0.2, -0.15) is 13.2 Å². The van der Waals surface area contributed by atoms with Crippen molar-refractivity contribution in [3.8, 4) is 0 Å². The Morgan fingerprint density at radius 1 is 1.19 bits per heavy atom. The summed E-state index contributed by atoms with van der Waals surface area (Å²) in [5.74, 6) is -2.30. The number of rotatable bonds is 7. The quantitative estimate of drug-likeness (QED) is 0.514. The maximum absolute atomic E-state index is 13.9. The van der Waals surface area contributed by atoms with Gasteiger partial charge in [0.05, 0.1) is 0 Å². The molecular weight excluding hydrogens is 383 g/mol. The fourth-order valence-corrected chi connectivity index (χ4v) is 3.87. The van der Waals surface area contributed by atoms with E-state index in [0.717, 1.165) is 0 Å². The minimum Gasteiger partial charge on any atom is -0.405 e. The fourth-order valence-electron chi connectivity index (χ4n) is 2.35. The van der Waals surface area contributed by atoms with E-state index >= 15 is 0 Å². The molecule has 3 nitrogen and oxygen atoms in total. The number of benzene rings is 1. The van der Waals surface area contributed by atoms with Gasteiger partial charge in [0, 0.05) is 5.92 Å². The van der Waals surface area contributed by atoms with Crippen LogP contribution in [-0.4, -0.2) is 31.9 Å². The molecule has 0 aromatic heterocycles. The minimum atomic E-state index is -4.67. The van der Waals surface area contributed by atoms with Gasteiger partial charge in [0.15, 0.2) is 8.32 Å². The van der Waals surface area contributed by atoms with Crippen LogP contribution in [0.15, 0.2) is 30.3 Å². The third-order valence-electron chi connectivity index (χ3n) is 4.90. The molecule has 1 aromatic rings. The van der Waals surface area contributed by atoms with Crippen LogP contribution in [0.4, 0.5) is 13.2 Å². The van der Waals surface area contributed by atoms with E-state index in [0.29, 0.717) is 5.56 Å². The predicted octanol–water partition coefficient (Wildman–Crippen LogP) is 4.89. The first kappa shape index (κ1) is 23.0. The van der Waals surface area contributed by atoms with E-state index in [1.165, 1.54) is 0 Å². The number of carbonyl (C=O) groups is 1. The van der Waals surface area contributed by atoms with Gasteiger partial charge in [0.25, 0.3) is 0 Å². The summed E-state index contributed by atoms with van der Waals surface area (Å²) in [5, 5.41) is -1.92.